The van der Waals surface area contributed by atoms with Gasteiger partial charge in [-0.3, -0.25) is 10.1 Å². The molecule has 0 unspecified atom stereocenters. The zero-order chi connectivity index (χ0) is 13.4. The van der Waals surface area contributed by atoms with Crippen LogP contribution < -0.4 is 10.6 Å². The SMILES string of the molecule is COCCCNC(=O)CNC(C)(C)c1nccs1. The molecule has 18 heavy (non-hydrogen) atoms. The van der Waals surface area contributed by atoms with Gasteiger partial charge >= 0.3 is 0 Å². The number of thiazole rings is 1. The molecule has 0 aromatic carbocycles. The van der Waals surface area contributed by atoms with Gasteiger partial charge in [0.15, 0.2) is 0 Å². The molecule has 1 amide bonds. The van der Waals surface area contributed by atoms with E-state index in [1.807, 2.05) is 19.2 Å². The van der Waals surface area contributed by atoms with Crippen LogP contribution in [0.2, 0.25) is 0 Å². The zero-order valence-corrected chi connectivity index (χ0v) is 12.0. The summed E-state index contributed by atoms with van der Waals surface area (Å²) in [5.41, 5.74) is -0.280. The lowest BCUT2D eigenvalue weighted by atomic mass is 10.1. The van der Waals surface area contributed by atoms with Gasteiger partial charge in [-0.15, -0.1) is 11.3 Å². The van der Waals surface area contributed by atoms with E-state index in [2.05, 4.69) is 15.6 Å². The molecule has 0 spiro atoms. The maximum absolute atomic E-state index is 11.6. The monoisotopic (exact) mass is 271 g/mol. The van der Waals surface area contributed by atoms with Crippen molar-refractivity contribution < 1.29 is 9.53 Å². The number of ether oxygens (including phenoxy) is 1. The van der Waals surface area contributed by atoms with Gasteiger partial charge in [0.25, 0.3) is 0 Å². The van der Waals surface area contributed by atoms with Crippen LogP contribution in [0, 0.1) is 0 Å². The van der Waals surface area contributed by atoms with Gasteiger partial charge in [-0.05, 0) is 20.3 Å². The number of rotatable bonds is 8. The summed E-state index contributed by atoms with van der Waals surface area (Å²) in [6.45, 7) is 5.64. The molecule has 1 aromatic rings. The smallest absolute Gasteiger partial charge is 0.233 e. The molecule has 6 heteroatoms. The van der Waals surface area contributed by atoms with Gasteiger partial charge < -0.3 is 10.1 Å². The second-order valence-corrected chi connectivity index (χ2v) is 5.41. The molecule has 0 atom stereocenters. The van der Waals surface area contributed by atoms with Crippen LogP contribution in [0.4, 0.5) is 0 Å². The molecular weight excluding hydrogens is 250 g/mol. The molecule has 0 bridgehead atoms. The molecule has 0 saturated carbocycles. The average Bonchev–Trinajstić information content (AvgIpc) is 2.87. The van der Waals surface area contributed by atoms with Crippen molar-refractivity contribution in [2.45, 2.75) is 25.8 Å². The van der Waals surface area contributed by atoms with Crippen LogP contribution in [0.15, 0.2) is 11.6 Å². The number of aromatic nitrogens is 1. The largest absolute Gasteiger partial charge is 0.385 e. The first-order valence-corrected chi connectivity index (χ1v) is 6.85. The standard InChI is InChI=1S/C12H21N3O2S/c1-12(2,11-14-6-8-18-11)15-9-10(16)13-5-4-7-17-3/h6,8,15H,4-5,7,9H2,1-3H3,(H,13,16). The molecule has 0 aliphatic rings. The maximum atomic E-state index is 11.6. The minimum atomic E-state index is -0.280. The summed E-state index contributed by atoms with van der Waals surface area (Å²) in [6.07, 6.45) is 2.60. The highest BCUT2D eigenvalue weighted by Crippen LogP contribution is 2.21. The molecule has 0 fully saturated rings. The average molecular weight is 271 g/mol. The van der Waals surface area contributed by atoms with E-state index in [1.165, 1.54) is 0 Å². The summed E-state index contributed by atoms with van der Waals surface area (Å²) in [4.78, 5) is 15.9. The molecule has 0 aliphatic carbocycles. The number of carbonyl (C=O) groups excluding carboxylic acids is 1. The van der Waals surface area contributed by atoms with E-state index in [-0.39, 0.29) is 11.4 Å². The minimum Gasteiger partial charge on any atom is -0.385 e. The highest BCUT2D eigenvalue weighted by atomic mass is 32.1. The highest BCUT2D eigenvalue weighted by Gasteiger charge is 2.23. The van der Waals surface area contributed by atoms with E-state index in [9.17, 15) is 4.79 Å². The molecule has 1 rings (SSSR count). The number of hydrogen-bond acceptors (Lipinski definition) is 5. The van der Waals surface area contributed by atoms with E-state index in [0.29, 0.717) is 19.7 Å². The summed E-state index contributed by atoms with van der Waals surface area (Å²) < 4.78 is 4.91. The van der Waals surface area contributed by atoms with Crippen molar-refractivity contribution in [2.75, 3.05) is 26.8 Å². The van der Waals surface area contributed by atoms with Crippen molar-refractivity contribution in [1.29, 1.82) is 0 Å². The fourth-order valence-electron chi connectivity index (χ4n) is 1.42. The number of methoxy groups -OCH3 is 1. The van der Waals surface area contributed by atoms with Gasteiger partial charge in [0, 0.05) is 31.8 Å². The van der Waals surface area contributed by atoms with Gasteiger partial charge in [0.2, 0.25) is 5.91 Å². The van der Waals surface area contributed by atoms with Crippen LogP contribution in [-0.4, -0.2) is 37.7 Å². The van der Waals surface area contributed by atoms with E-state index >= 15 is 0 Å². The number of amides is 1. The van der Waals surface area contributed by atoms with Crippen LogP contribution in [-0.2, 0) is 15.1 Å². The van der Waals surface area contributed by atoms with Crippen LogP contribution >= 0.6 is 11.3 Å². The van der Waals surface area contributed by atoms with Gasteiger partial charge in [0.05, 0.1) is 12.1 Å². The van der Waals surface area contributed by atoms with Crippen LogP contribution in [0.1, 0.15) is 25.3 Å². The third-order valence-electron chi connectivity index (χ3n) is 2.51. The number of hydrogen-bond donors (Lipinski definition) is 2. The fraction of sp³-hybridized carbons (Fsp3) is 0.667. The Morgan fingerprint density at radius 3 is 2.94 bits per heavy atom. The molecule has 2 N–H and O–H groups in total. The van der Waals surface area contributed by atoms with E-state index in [0.717, 1.165) is 11.4 Å². The zero-order valence-electron chi connectivity index (χ0n) is 11.2. The summed E-state index contributed by atoms with van der Waals surface area (Å²) in [7, 11) is 1.65. The van der Waals surface area contributed by atoms with E-state index in [4.69, 9.17) is 4.74 Å². The lowest BCUT2D eigenvalue weighted by molar-refractivity contribution is -0.120. The Bertz CT molecular complexity index is 352. The first kappa shape index (κ1) is 15.1. The summed E-state index contributed by atoms with van der Waals surface area (Å²) in [5.74, 6) is -0.00395. The molecule has 5 nitrogen and oxygen atoms in total. The molecule has 0 aliphatic heterocycles. The Labute approximate surface area is 112 Å². The second kappa shape index (κ2) is 7.45. The topological polar surface area (TPSA) is 63.2 Å². The molecule has 0 radical (unpaired) electrons. The van der Waals surface area contributed by atoms with Crippen molar-refractivity contribution in [2.24, 2.45) is 0 Å². The van der Waals surface area contributed by atoms with Gasteiger partial charge in [-0.2, -0.15) is 0 Å². The summed E-state index contributed by atoms with van der Waals surface area (Å²) in [5, 5.41) is 8.96. The Balaban J connectivity index is 2.25. The van der Waals surface area contributed by atoms with Crippen molar-refractivity contribution in [3.8, 4) is 0 Å². The predicted molar refractivity (Wildman–Crippen MR) is 72.6 cm³/mol. The molecule has 0 saturated heterocycles. The van der Waals surface area contributed by atoms with E-state index < -0.39 is 0 Å². The first-order chi connectivity index (χ1) is 8.56. The van der Waals surface area contributed by atoms with E-state index in [1.54, 1.807) is 24.6 Å². The third kappa shape index (κ3) is 5.12. The minimum absolute atomic E-state index is 0.00395. The van der Waals surface area contributed by atoms with Crippen molar-refractivity contribution in [3.05, 3.63) is 16.6 Å². The molecular formula is C12H21N3O2S. The lowest BCUT2D eigenvalue weighted by Gasteiger charge is -2.23. The molecule has 1 heterocycles. The first-order valence-electron chi connectivity index (χ1n) is 5.97. The molecule has 1 aromatic heterocycles. The number of nitrogens with one attached hydrogen (secondary N) is 2. The van der Waals surface area contributed by atoms with Crippen molar-refractivity contribution >= 4 is 17.2 Å². The Kier molecular flexibility index (Phi) is 6.24. The summed E-state index contributed by atoms with van der Waals surface area (Å²) >= 11 is 1.58. The van der Waals surface area contributed by atoms with Gasteiger partial charge in [-0.1, -0.05) is 0 Å². The number of nitrogens with zero attached hydrogens (tertiary/aromatic N) is 1. The Morgan fingerprint density at radius 2 is 2.33 bits per heavy atom. The highest BCUT2D eigenvalue weighted by molar-refractivity contribution is 7.09. The quantitative estimate of drug-likeness (QED) is 0.696. The molecule has 102 valence electrons. The summed E-state index contributed by atoms with van der Waals surface area (Å²) in [6, 6.07) is 0. The lowest BCUT2D eigenvalue weighted by Crippen LogP contribution is -2.43. The van der Waals surface area contributed by atoms with Crippen LogP contribution in [0.25, 0.3) is 0 Å². The van der Waals surface area contributed by atoms with Crippen LogP contribution in [0.3, 0.4) is 0 Å². The maximum Gasteiger partial charge on any atom is 0.233 e. The predicted octanol–water partition coefficient (Wildman–Crippen LogP) is 1.12. The van der Waals surface area contributed by atoms with Gasteiger partial charge in [-0.25, -0.2) is 4.98 Å². The van der Waals surface area contributed by atoms with Crippen LogP contribution in [0.5, 0.6) is 0 Å². The van der Waals surface area contributed by atoms with Crippen molar-refractivity contribution in [1.82, 2.24) is 15.6 Å². The number of carbonyl (C=O) groups is 1. The van der Waals surface area contributed by atoms with Crippen molar-refractivity contribution in [3.63, 3.8) is 0 Å². The second-order valence-electron chi connectivity index (χ2n) is 4.51. The normalized spacial score (nSPS) is 11.5. The van der Waals surface area contributed by atoms with Gasteiger partial charge in [0.1, 0.15) is 5.01 Å². The fourth-order valence-corrected chi connectivity index (χ4v) is 2.15. The Hall–Kier alpha value is -0.980. The Morgan fingerprint density at radius 1 is 1.56 bits per heavy atom. The third-order valence-corrected chi connectivity index (χ3v) is 3.60.